The first-order valence-electron chi connectivity index (χ1n) is 9.70. The Morgan fingerprint density at radius 1 is 0.517 bits per heavy atom. The van der Waals surface area contributed by atoms with Crippen LogP contribution in [0.3, 0.4) is 0 Å². The van der Waals surface area contributed by atoms with Gasteiger partial charge in [-0.1, -0.05) is 121 Å². The quantitative estimate of drug-likeness (QED) is 0.437. The number of rotatable bonds is 6. The normalized spacial score (nSPS) is 13.6. The molecule has 0 fully saturated rings. The van der Waals surface area contributed by atoms with E-state index in [0.29, 0.717) is 0 Å². The summed E-state index contributed by atoms with van der Waals surface area (Å²) in [4.78, 5) is 0. The van der Waals surface area contributed by atoms with Crippen molar-refractivity contribution in [1.29, 1.82) is 0 Å². The van der Waals surface area contributed by atoms with E-state index >= 15 is 0 Å². The number of aliphatic hydroxyl groups excluding tert-OH is 1. The SMILES string of the molecule is O=P(c1ccccc1)(c1ccccc1)[C@@H](c1ccccc1)[C@@H](O)c1ccccc1. The fourth-order valence-corrected chi connectivity index (χ4v) is 7.18. The van der Waals surface area contributed by atoms with E-state index in [2.05, 4.69) is 0 Å². The van der Waals surface area contributed by atoms with Crippen molar-refractivity contribution < 1.29 is 9.67 Å². The van der Waals surface area contributed by atoms with Gasteiger partial charge in [0.25, 0.3) is 0 Å². The molecule has 2 atom stereocenters. The number of hydrogen-bond donors (Lipinski definition) is 1. The monoisotopic (exact) mass is 398 g/mol. The lowest BCUT2D eigenvalue weighted by atomic mass is 10.0. The molecule has 2 nitrogen and oxygen atoms in total. The third kappa shape index (κ3) is 3.82. The van der Waals surface area contributed by atoms with Gasteiger partial charge in [-0.05, 0) is 11.1 Å². The van der Waals surface area contributed by atoms with Gasteiger partial charge in [-0.25, -0.2) is 0 Å². The van der Waals surface area contributed by atoms with E-state index in [-0.39, 0.29) is 0 Å². The van der Waals surface area contributed by atoms with Gasteiger partial charge in [-0.3, -0.25) is 0 Å². The Morgan fingerprint density at radius 3 is 1.28 bits per heavy atom. The fourth-order valence-electron chi connectivity index (χ4n) is 3.84. The third-order valence-corrected chi connectivity index (χ3v) is 8.75. The summed E-state index contributed by atoms with van der Waals surface area (Å²) in [6.07, 6.45) is -0.912. The minimum atomic E-state index is -3.23. The maximum absolute atomic E-state index is 15.0. The molecule has 0 heterocycles. The summed E-state index contributed by atoms with van der Waals surface area (Å²) >= 11 is 0. The Morgan fingerprint density at radius 2 is 0.862 bits per heavy atom. The van der Waals surface area contributed by atoms with Gasteiger partial charge in [0.15, 0.2) is 7.14 Å². The molecule has 144 valence electrons. The molecule has 0 unspecified atom stereocenters. The molecular formula is C26H23O2P. The average Bonchev–Trinajstić information content (AvgIpc) is 2.81. The van der Waals surface area contributed by atoms with Crippen molar-refractivity contribution in [2.75, 3.05) is 0 Å². The highest BCUT2D eigenvalue weighted by atomic mass is 31.2. The maximum Gasteiger partial charge on any atom is 0.153 e. The van der Waals surface area contributed by atoms with Crippen LogP contribution in [0.5, 0.6) is 0 Å². The van der Waals surface area contributed by atoms with Gasteiger partial charge in [0.1, 0.15) is 0 Å². The second kappa shape index (κ2) is 8.61. The zero-order chi connectivity index (χ0) is 20.1. The number of aliphatic hydroxyl groups is 1. The van der Waals surface area contributed by atoms with Crippen LogP contribution in [-0.4, -0.2) is 5.11 Å². The van der Waals surface area contributed by atoms with Crippen molar-refractivity contribution in [3.63, 3.8) is 0 Å². The Balaban J connectivity index is 1.98. The minimum absolute atomic E-state index is 0.601. The van der Waals surface area contributed by atoms with Crippen LogP contribution in [0.15, 0.2) is 121 Å². The van der Waals surface area contributed by atoms with Crippen LogP contribution in [0, 0.1) is 0 Å². The largest absolute Gasteiger partial charge is 0.387 e. The molecule has 1 N–H and O–H groups in total. The molecule has 0 saturated carbocycles. The van der Waals surface area contributed by atoms with Gasteiger partial charge < -0.3 is 9.67 Å². The molecule has 4 aromatic rings. The van der Waals surface area contributed by atoms with Gasteiger partial charge in [0.2, 0.25) is 0 Å². The summed E-state index contributed by atoms with van der Waals surface area (Å²) in [5.41, 5.74) is 1.02. The smallest absolute Gasteiger partial charge is 0.153 e. The third-order valence-electron chi connectivity index (χ3n) is 5.25. The van der Waals surface area contributed by atoms with Crippen LogP contribution in [0.1, 0.15) is 22.9 Å². The van der Waals surface area contributed by atoms with Gasteiger partial charge in [-0.2, -0.15) is 0 Å². The average molecular weight is 398 g/mol. The lowest BCUT2D eigenvalue weighted by molar-refractivity contribution is 0.171. The Hall–Kier alpha value is -2.93. The van der Waals surface area contributed by atoms with Crippen LogP contribution in [0.2, 0.25) is 0 Å². The van der Waals surface area contributed by atoms with Gasteiger partial charge in [-0.15, -0.1) is 0 Å². The Kier molecular flexibility index (Phi) is 5.76. The lowest BCUT2D eigenvalue weighted by Crippen LogP contribution is -2.25. The highest BCUT2D eigenvalue weighted by Gasteiger charge is 2.42. The summed E-state index contributed by atoms with van der Waals surface area (Å²) in [5, 5.41) is 13.0. The molecule has 4 rings (SSSR count). The van der Waals surface area contributed by atoms with E-state index in [4.69, 9.17) is 0 Å². The van der Waals surface area contributed by atoms with Gasteiger partial charge in [0.05, 0.1) is 11.8 Å². The van der Waals surface area contributed by atoms with Crippen molar-refractivity contribution in [3.05, 3.63) is 132 Å². The van der Waals surface area contributed by atoms with Crippen LogP contribution in [0.4, 0.5) is 0 Å². The molecule has 0 aromatic heterocycles. The van der Waals surface area contributed by atoms with Crippen LogP contribution < -0.4 is 10.6 Å². The zero-order valence-electron chi connectivity index (χ0n) is 16.0. The predicted molar refractivity (Wildman–Crippen MR) is 120 cm³/mol. The standard InChI is InChI=1S/C26H23O2P/c27-25(21-13-5-1-6-14-21)26(22-15-7-2-8-16-22)29(28,23-17-9-3-10-18-23)24-19-11-4-12-20-24/h1-20,25-27H/t25-,26-/m0/s1. The first kappa shape index (κ1) is 19.4. The van der Waals surface area contributed by atoms with E-state index in [1.54, 1.807) is 0 Å². The maximum atomic E-state index is 15.0. The van der Waals surface area contributed by atoms with Crippen LogP contribution >= 0.6 is 7.14 Å². The molecule has 4 aromatic carbocycles. The summed E-state index contributed by atoms with van der Waals surface area (Å²) in [5.74, 6) is 0. The van der Waals surface area contributed by atoms with E-state index in [1.807, 2.05) is 121 Å². The topological polar surface area (TPSA) is 37.3 Å². The molecule has 0 amide bonds. The Labute approximate surface area is 171 Å². The molecular weight excluding hydrogens is 375 g/mol. The Bertz CT molecular complexity index is 1040. The summed E-state index contributed by atoms with van der Waals surface area (Å²) in [6.45, 7) is 0. The number of benzene rings is 4. The van der Waals surface area contributed by atoms with Gasteiger partial charge >= 0.3 is 0 Å². The van der Waals surface area contributed by atoms with Crippen molar-refractivity contribution in [1.82, 2.24) is 0 Å². The molecule has 0 spiro atoms. The first-order valence-corrected chi connectivity index (χ1v) is 11.5. The van der Waals surface area contributed by atoms with Crippen molar-refractivity contribution in [3.8, 4) is 0 Å². The lowest BCUT2D eigenvalue weighted by Gasteiger charge is -2.33. The van der Waals surface area contributed by atoms with Crippen LogP contribution in [-0.2, 0) is 4.57 Å². The molecule has 29 heavy (non-hydrogen) atoms. The van der Waals surface area contributed by atoms with Crippen molar-refractivity contribution in [2.24, 2.45) is 0 Å². The predicted octanol–water partition coefficient (Wildman–Crippen LogP) is 5.48. The molecule has 0 aliphatic heterocycles. The van der Waals surface area contributed by atoms with Crippen LogP contribution in [0.25, 0.3) is 0 Å². The fraction of sp³-hybridized carbons (Fsp3) is 0.0769. The highest BCUT2D eigenvalue weighted by Crippen LogP contribution is 2.61. The molecule has 0 radical (unpaired) electrons. The highest BCUT2D eigenvalue weighted by molar-refractivity contribution is 7.79. The zero-order valence-corrected chi connectivity index (χ0v) is 16.9. The minimum Gasteiger partial charge on any atom is -0.387 e. The van der Waals surface area contributed by atoms with Crippen molar-refractivity contribution >= 4 is 17.8 Å². The molecule has 0 saturated heterocycles. The second-order valence-corrected chi connectivity index (χ2v) is 9.95. The summed E-state index contributed by atoms with van der Waals surface area (Å²) < 4.78 is 15.0. The van der Waals surface area contributed by atoms with E-state index in [0.717, 1.165) is 21.7 Å². The van der Waals surface area contributed by atoms with Gasteiger partial charge in [0, 0.05) is 10.6 Å². The summed E-state index contributed by atoms with van der Waals surface area (Å²) in [6, 6.07) is 38.3. The molecule has 0 aliphatic rings. The van der Waals surface area contributed by atoms with E-state index in [9.17, 15) is 9.67 Å². The van der Waals surface area contributed by atoms with E-state index in [1.165, 1.54) is 0 Å². The summed E-state index contributed by atoms with van der Waals surface area (Å²) in [7, 11) is -3.23. The number of hydrogen-bond acceptors (Lipinski definition) is 2. The molecule has 0 aliphatic carbocycles. The molecule has 0 bridgehead atoms. The first-order chi connectivity index (χ1) is 14.2. The van der Waals surface area contributed by atoms with E-state index < -0.39 is 18.9 Å². The molecule has 3 heteroatoms. The van der Waals surface area contributed by atoms with Crippen molar-refractivity contribution in [2.45, 2.75) is 11.8 Å². The second-order valence-electron chi connectivity index (χ2n) is 7.04.